The van der Waals surface area contributed by atoms with Gasteiger partial charge < -0.3 is 9.47 Å². The lowest BCUT2D eigenvalue weighted by molar-refractivity contribution is -0.151. The van der Waals surface area contributed by atoms with Gasteiger partial charge in [0.2, 0.25) is 0 Å². The fourth-order valence-electron chi connectivity index (χ4n) is 0.422. The van der Waals surface area contributed by atoms with Crippen molar-refractivity contribution in [3.63, 3.8) is 0 Å². The zero-order chi connectivity index (χ0) is 8.69. The summed E-state index contributed by atoms with van der Waals surface area (Å²) in [4.78, 5) is 10.7. The zero-order valence-electron chi connectivity index (χ0n) is 7.05. The predicted molar refractivity (Wildman–Crippen MR) is 42.0 cm³/mol. The van der Waals surface area contributed by atoms with Crippen LogP contribution in [0.5, 0.6) is 0 Å². The second-order valence-corrected chi connectivity index (χ2v) is 2.24. The van der Waals surface area contributed by atoms with E-state index in [-0.39, 0.29) is 6.79 Å². The Labute approximate surface area is 67.0 Å². The Kier molecular flexibility index (Phi) is 5.47. The van der Waals surface area contributed by atoms with E-state index in [9.17, 15) is 4.79 Å². The number of hydrogen-bond donors (Lipinski definition) is 0. The lowest BCUT2D eigenvalue weighted by Crippen LogP contribution is -2.08. The van der Waals surface area contributed by atoms with Crippen LogP contribution in [0, 0.1) is 0 Å². The van der Waals surface area contributed by atoms with Gasteiger partial charge in [0, 0.05) is 5.57 Å². The van der Waals surface area contributed by atoms with Crippen LogP contribution in [0.25, 0.3) is 0 Å². The molecule has 0 rings (SSSR count). The van der Waals surface area contributed by atoms with Crippen LogP contribution in [0.2, 0.25) is 0 Å². The minimum absolute atomic E-state index is 0.0273. The van der Waals surface area contributed by atoms with Gasteiger partial charge in [-0.3, -0.25) is 0 Å². The summed E-state index contributed by atoms with van der Waals surface area (Å²) in [6.45, 7) is 7.65. The molecule has 0 amide bonds. The molecule has 0 saturated carbocycles. The smallest absolute Gasteiger partial charge is 0.335 e. The fourth-order valence-corrected chi connectivity index (χ4v) is 0.422. The summed E-state index contributed by atoms with van der Waals surface area (Å²) in [7, 11) is 0. The molecular formula is C8H14O3. The molecule has 3 heteroatoms. The van der Waals surface area contributed by atoms with Crippen molar-refractivity contribution in [2.45, 2.75) is 20.3 Å². The van der Waals surface area contributed by atoms with E-state index in [1.807, 2.05) is 6.92 Å². The van der Waals surface area contributed by atoms with Gasteiger partial charge in [-0.05, 0) is 13.3 Å². The van der Waals surface area contributed by atoms with Crippen LogP contribution in [-0.4, -0.2) is 19.4 Å². The first-order valence-corrected chi connectivity index (χ1v) is 3.58. The van der Waals surface area contributed by atoms with Gasteiger partial charge in [-0.2, -0.15) is 0 Å². The highest BCUT2D eigenvalue weighted by molar-refractivity contribution is 5.86. The van der Waals surface area contributed by atoms with Crippen LogP contribution < -0.4 is 0 Å². The van der Waals surface area contributed by atoms with E-state index in [0.717, 1.165) is 6.42 Å². The average molecular weight is 158 g/mol. The van der Waals surface area contributed by atoms with Gasteiger partial charge >= 0.3 is 5.97 Å². The van der Waals surface area contributed by atoms with Gasteiger partial charge in [0.1, 0.15) is 0 Å². The average Bonchev–Trinajstić information content (AvgIpc) is 1.97. The second kappa shape index (κ2) is 5.92. The third kappa shape index (κ3) is 5.61. The molecule has 64 valence electrons. The molecule has 0 heterocycles. The first-order valence-electron chi connectivity index (χ1n) is 3.58. The molecule has 0 fully saturated rings. The van der Waals surface area contributed by atoms with Crippen molar-refractivity contribution >= 4 is 5.97 Å². The van der Waals surface area contributed by atoms with Gasteiger partial charge in [-0.15, -0.1) is 0 Å². The maximum atomic E-state index is 10.7. The molecule has 0 atom stereocenters. The summed E-state index contributed by atoms with van der Waals surface area (Å²) in [5, 5.41) is 0. The van der Waals surface area contributed by atoms with Crippen LogP contribution in [0.15, 0.2) is 12.2 Å². The number of carbonyl (C=O) groups excluding carboxylic acids is 1. The molecule has 11 heavy (non-hydrogen) atoms. The highest BCUT2D eigenvalue weighted by Crippen LogP contribution is 1.92. The van der Waals surface area contributed by atoms with Gasteiger partial charge in [-0.25, -0.2) is 4.79 Å². The highest BCUT2D eigenvalue weighted by atomic mass is 16.7. The largest absolute Gasteiger partial charge is 0.435 e. The Balaban J connectivity index is 3.25. The van der Waals surface area contributed by atoms with Crippen LogP contribution in [0.3, 0.4) is 0 Å². The number of hydrogen-bond acceptors (Lipinski definition) is 3. The molecule has 0 aromatic carbocycles. The summed E-state index contributed by atoms with van der Waals surface area (Å²) in [5.41, 5.74) is 0.394. The van der Waals surface area contributed by atoms with E-state index in [4.69, 9.17) is 4.74 Å². The fraction of sp³-hybridized carbons (Fsp3) is 0.625. The minimum Gasteiger partial charge on any atom is -0.435 e. The topological polar surface area (TPSA) is 35.5 Å². The molecule has 0 aliphatic carbocycles. The Hall–Kier alpha value is -0.830. The number of esters is 1. The molecule has 0 bridgehead atoms. The first kappa shape index (κ1) is 10.2. The Morgan fingerprint density at radius 2 is 2.18 bits per heavy atom. The molecule has 0 aliphatic heterocycles. The van der Waals surface area contributed by atoms with Gasteiger partial charge in [0.25, 0.3) is 0 Å². The maximum absolute atomic E-state index is 10.7. The molecular weight excluding hydrogens is 144 g/mol. The maximum Gasteiger partial charge on any atom is 0.335 e. The van der Waals surface area contributed by atoms with Gasteiger partial charge in [0.05, 0.1) is 6.61 Å². The Morgan fingerprint density at radius 1 is 1.55 bits per heavy atom. The summed E-state index contributed by atoms with van der Waals surface area (Å²) < 4.78 is 9.56. The third-order valence-electron chi connectivity index (χ3n) is 0.970. The third-order valence-corrected chi connectivity index (χ3v) is 0.970. The number of ether oxygens (including phenoxy) is 2. The van der Waals surface area contributed by atoms with Crippen LogP contribution in [0.4, 0.5) is 0 Å². The molecule has 0 saturated heterocycles. The van der Waals surface area contributed by atoms with Crippen molar-refractivity contribution in [3.8, 4) is 0 Å². The van der Waals surface area contributed by atoms with Crippen molar-refractivity contribution in [1.29, 1.82) is 0 Å². The van der Waals surface area contributed by atoms with Crippen molar-refractivity contribution in [2.24, 2.45) is 0 Å². The zero-order valence-corrected chi connectivity index (χ0v) is 7.05. The van der Waals surface area contributed by atoms with Crippen molar-refractivity contribution in [1.82, 2.24) is 0 Å². The van der Waals surface area contributed by atoms with Gasteiger partial charge in [0.15, 0.2) is 6.79 Å². The van der Waals surface area contributed by atoms with E-state index in [0.29, 0.717) is 12.2 Å². The Bertz CT molecular complexity index is 140. The monoisotopic (exact) mass is 158 g/mol. The molecule has 0 aliphatic rings. The van der Waals surface area contributed by atoms with E-state index < -0.39 is 5.97 Å². The molecule has 0 N–H and O–H groups in total. The van der Waals surface area contributed by atoms with E-state index >= 15 is 0 Å². The lowest BCUT2D eigenvalue weighted by Gasteiger charge is -2.03. The molecule has 0 aromatic heterocycles. The summed E-state index contributed by atoms with van der Waals surface area (Å²) in [6.07, 6.45) is 0.921. The van der Waals surface area contributed by atoms with Crippen LogP contribution in [-0.2, 0) is 14.3 Å². The number of carbonyl (C=O) groups is 1. The van der Waals surface area contributed by atoms with Crippen LogP contribution >= 0.6 is 0 Å². The molecule has 0 radical (unpaired) electrons. The van der Waals surface area contributed by atoms with Crippen LogP contribution in [0.1, 0.15) is 20.3 Å². The summed E-state index contributed by atoms with van der Waals surface area (Å²) in [5.74, 6) is -0.402. The molecule has 0 unspecified atom stereocenters. The lowest BCUT2D eigenvalue weighted by atomic mass is 10.4. The summed E-state index contributed by atoms with van der Waals surface area (Å²) >= 11 is 0. The van der Waals surface area contributed by atoms with Crippen molar-refractivity contribution < 1.29 is 14.3 Å². The molecule has 0 spiro atoms. The quantitative estimate of drug-likeness (QED) is 0.263. The second-order valence-electron chi connectivity index (χ2n) is 2.24. The normalized spacial score (nSPS) is 9.27. The van der Waals surface area contributed by atoms with Gasteiger partial charge in [-0.1, -0.05) is 13.5 Å². The highest BCUT2D eigenvalue weighted by Gasteiger charge is 2.00. The first-order chi connectivity index (χ1) is 5.18. The number of rotatable bonds is 5. The Morgan fingerprint density at radius 3 is 2.64 bits per heavy atom. The van der Waals surface area contributed by atoms with E-state index in [2.05, 4.69) is 11.3 Å². The van der Waals surface area contributed by atoms with E-state index in [1.54, 1.807) is 6.92 Å². The minimum atomic E-state index is -0.402. The van der Waals surface area contributed by atoms with Crippen molar-refractivity contribution in [3.05, 3.63) is 12.2 Å². The SMILES string of the molecule is C=C(C)C(=O)OCOCCC. The van der Waals surface area contributed by atoms with Crippen molar-refractivity contribution in [2.75, 3.05) is 13.4 Å². The molecule has 0 aromatic rings. The predicted octanol–water partition coefficient (Wildman–Crippen LogP) is 1.49. The summed E-state index contributed by atoms with van der Waals surface area (Å²) in [6, 6.07) is 0. The van der Waals surface area contributed by atoms with E-state index in [1.165, 1.54) is 0 Å². The molecule has 3 nitrogen and oxygen atoms in total. The standard InChI is InChI=1S/C8H14O3/c1-4-5-10-6-11-8(9)7(2)3/h2,4-6H2,1,3H3.